The van der Waals surface area contributed by atoms with E-state index in [0.717, 1.165) is 27.5 Å². The Morgan fingerprint density at radius 1 is 0.391 bits per heavy atom. The van der Waals surface area contributed by atoms with Gasteiger partial charge < -0.3 is 4.42 Å². The molecule has 10 aromatic rings. The molecule has 1 nitrogen and oxygen atoms in total. The second-order valence-electron chi connectivity index (χ2n) is 12.5. The van der Waals surface area contributed by atoms with Gasteiger partial charge in [0, 0.05) is 16.3 Å². The Kier molecular flexibility index (Phi) is 5.27. The summed E-state index contributed by atoms with van der Waals surface area (Å²) in [5.74, 6) is 0. The highest BCUT2D eigenvalue weighted by atomic mass is 16.3. The highest BCUT2D eigenvalue weighted by Crippen LogP contribution is 2.44. The third-order valence-corrected chi connectivity index (χ3v) is 9.96. The first-order valence-corrected chi connectivity index (χ1v) is 15.9. The highest BCUT2D eigenvalue weighted by molar-refractivity contribution is 6.27. The van der Waals surface area contributed by atoms with Gasteiger partial charge in [0.05, 0.1) is 0 Å². The van der Waals surface area contributed by atoms with Gasteiger partial charge in [-0.05, 0) is 95.5 Å². The monoisotopic (exact) mass is 584 g/mol. The molecule has 0 radical (unpaired) electrons. The van der Waals surface area contributed by atoms with Crippen LogP contribution in [-0.4, -0.2) is 0 Å². The number of rotatable bonds is 3. The van der Waals surface area contributed by atoms with E-state index in [9.17, 15) is 0 Å². The molecule has 0 aliphatic rings. The predicted molar refractivity (Wildman–Crippen MR) is 196 cm³/mol. The Bertz CT molecular complexity index is 2800. The third kappa shape index (κ3) is 3.63. The largest absolute Gasteiger partial charge is 0.455 e. The van der Waals surface area contributed by atoms with Gasteiger partial charge in [-0.2, -0.15) is 0 Å². The molecule has 0 N–H and O–H groups in total. The van der Waals surface area contributed by atoms with E-state index in [0.29, 0.717) is 0 Å². The first kappa shape index (κ1) is 25.4. The molecule has 1 heterocycles. The van der Waals surface area contributed by atoms with Crippen LogP contribution in [0, 0.1) is 6.92 Å². The van der Waals surface area contributed by atoms with Crippen molar-refractivity contribution in [1.82, 2.24) is 0 Å². The van der Waals surface area contributed by atoms with Crippen molar-refractivity contribution in [3.8, 4) is 33.4 Å². The number of hydrogen-bond acceptors (Lipinski definition) is 1. The van der Waals surface area contributed by atoms with Gasteiger partial charge >= 0.3 is 0 Å². The van der Waals surface area contributed by atoms with Gasteiger partial charge in [0.2, 0.25) is 0 Å². The van der Waals surface area contributed by atoms with Crippen LogP contribution >= 0.6 is 0 Å². The quantitative estimate of drug-likeness (QED) is 0.188. The molecule has 0 spiro atoms. The second-order valence-corrected chi connectivity index (χ2v) is 12.5. The van der Waals surface area contributed by atoms with Gasteiger partial charge in [-0.3, -0.25) is 0 Å². The van der Waals surface area contributed by atoms with E-state index in [1.807, 2.05) is 6.07 Å². The third-order valence-electron chi connectivity index (χ3n) is 9.96. The minimum atomic E-state index is 0.929. The summed E-state index contributed by atoms with van der Waals surface area (Å²) >= 11 is 0. The molecule has 0 unspecified atom stereocenters. The van der Waals surface area contributed by atoms with Crippen molar-refractivity contribution in [3.05, 3.63) is 157 Å². The van der Waals surface area contributed by atoms with Crippen LogP contribution in [0.2, 0.25) is 0 Å². The first-order chi connectivity index (χ1) is 22.7. The normalized spacial score (nSPS) is 12.0. The zero-order chi connectivity index (χ0) is 30.4. The fourth-order valence-corrected chi connectivity index (χ4v) is 7.72. The molecule has 1 heteroatoms. The number of furan rings is 1. The number of benzene rings is 9. The van der Waals surface area contributed by atoms with Gasteiger partial charge in [-0.25, -0.2) is 0 Å². The van der Waals surface area contributed by atoms with Gasteiger partial charge in [-0.1, -0.05) is 140 Å². The molecule has 9 aromatic carbocycles. The van der Waals surface area contributed by atoms with Crippen LogP contribution in [0.3, 0.4) is 0 Å². The van der Waals surface area contributed by atoms with Gasteiger partial charge in [0.25, 0.3) is 0 Å². The van der Waals surface area contributed by atoms with Crippen molar-refractivity contribution < 1.29 is 4.42 Å². The molecule has 0 saturated heterocycles. The smallest absolute Gasteiger partial charge is 0.143 e. The Morgan fingerprint density at radius 3 is 1.72 bits per heavy atom. The lowest BCUT2D eigenvalue weighted by Gasteiger charge is -2.17. The summed E-state index contributed by atoms with van der Waals surface area (Å²) in [6.07, 6.45) is 0. The zero-order valence-electron chi connectivity index (χ0n) is 25.3. The molecule has 0 atom stereocenters. The summed E-state index contributed by atoms with van der Waals surface area (Å²) in [7, 11) is 0. The zero-order valence-corrected chi connectivity index (χ0v) is 25.3. The van der Waals surface area contributed by atoms with Crippen molar-refractivity contribution in [1.29, 1.82) is 0 Å². The van der Waals surface area contributed by atoms with E-state index < -0.39 is 0 Å². The SMILES string of the molecule is Cc1ccc2c(oc3ccccc32)c1-c1ccc(-c2ccc3ccc4ccc(-c5ccc6ccccc6c5)c5ccc2c3c45)cc1. The summed E-state index contributed by atoms with van der Waals surface area (Å²) in [6.45, 7) is 2.17. The van der Waals surface area contributed by atoms with Crippen LogP contribution in [0.15, 0.2) is 156 Å². The molecular formula is C45H28O. The van der Waals surface area contributed by atoms with Crippen molar-refractivity contribution >= 4 is 65.0 Å². The highest BCUT2D eigenvalue weighted by Gasteiger charge is 2.17. The summed E-state index contributed by atoms with van der Waals surface area (Å²) in [5, 5.41) is 12.7. The van der Waals surface area contributed by atoms with Crippen LogP contribution in [-0.2, 0) is 0 Å². The number of fused-ring (bicyclic) bond motifs is 4. The Morgan fingerprint density at radius 2 is 0.957 bits per heavy atom. The van der Waals surface area contributed by atoms with Gasteiger partial charge in [0.15, 0.2) is 0 Å². The molecule has 214 valence electrons. The van der Waals surface area contributed by atoms with E-state index in [2.05, 4.69) is 153 Å². The minimum absolute atomic E-state index is 0.929. The molecule has 0 aliphatic heterocycles. The average Bonchev–Trinajstić information content (AvgIpc) is 3.49. The van der Waals surface area contributed by atoms with Gasteiger partial charge in [-0.15, -0.1) is 0 Å². The van der Waals surface area contributed by atoms with Crippen LogP contribution in [0.4, 0.5) is 0 Å². The van der Waals surface area contributed by atoms with Crippen LogP contribution in [0.1, 0.15) is 5.56 Å². The minimum Gasteiger partial charge on any atom is -0.455 e. The molecule has 0 saturated carbocycles. The Balaban J connectivity index is 1.13. The lowest BCUT2D eigenvalue weighted by molar-refractivity contribution is 0.669. The summed E-state index contributed by atoms with van der Waals surface area (Å²) in [6, 6.07) is 55.5. The molecule has 0 amide bonds. The first-order valence-electron chi connectivity index (χ1n) is 15.9. The van der Waals surface area contributed by atoms with Crippen molar-refractivity contribution in [2.45, 2.75) is 6.92 Å². The van der Waals surface area contributed by atoms with Crippen molar-refractivity contribution in [2.75, 3.05) is 0 Å². The topological polar surface area (TPSA) is 13.1 Å². The van der Waals surface area contributed by atoms with E-state index in [4.69, 9.17) is 4.42 Å². The fourth-order valence-electron chi connectivity index (χ4n) is 7.72. The number of aryl methyl sites for hydroxylation is 1. The maximum atomic E-state index is 6.42. The van der Waals surface area contributed by atoms with Crippen LogP contribution in [0.25, 0.3) is 98.4 Å². The van der Waals surface area contributed by atoms with E-state index in [-0.39, 0.29) is 0 Å². The maximum Gasteiger partial charge on any atom is 0.143 e. The summed E-state index contributed by atoms with van der Waals surface area (Å²) < 4.78 is 6.42. The molecule has 46 heavy (non-hydrogen) atoms. The molecule has 1 aromatic heterocycles. The Labute approximate surface area is 266 Å². The summed E-state index contributed by atoms with van der Waals surface area (Å²) in [4.78, 5) is 0. The van der Waals surface area contributed by atoms with Gasteiger partial charge in [0.1, 0.15) is 11.2 Å². The molecule has 0 fully saturated rings. The second kappa shape index (κ2) is 9.54. The van der Waals surface area contributed by atoms with Crippen LogP contribution in [0.5, 0.6) is 0 Å². The summed E-state index contributed by atoms with van der Waals surface area (Å²) in [5.41, 5.74) is 10.4. The van der Waals surface area contributed by atoms with E-state index in [1.54, 1.807) is 0 Å². The molecule has 0 bridgehead atoms. The molecule has 0 aliphatic carbocycles. The average molecular weight is 585 g/mol. The number of hydrogen-bond donors (Lipinski definition) is 0. The van der Waals surface area contributed by atoms with Crippen molar-refractivity contribution in [3.63, 3.8) is 0 Å². The fraction of sp³-hybridized carbons (Fsp3) is 0.0222. The van der Waals surface area contributed by atoms with Crippen LogP contribution < -0.4 is 0 Å². The van der Waals surface area contributed by atoms with E-state index in [1.165, 1.54) is 76.5 Å². The number of para-hydroxylation sites is 1. The molecular weight excluding hydrogens is 556 g/mol. The standard InChI is InChI=1S/C45H28O/c1-27-10-21-40-37-8-4-5-9-41(37)46-45(40)42(27)30-14-12-29(13-15-30)35-22-19-31-16-17-32-20-23-36(39-25-24-38(35)43(31)44(32)39)34-18-11-28-6-2-3-7-33(28)26-34/h2-26H,1H3. The van der Waals surface area contributed by atoms with E-state index >= 15 is 0 Å². The predicted octanol–water partition coefficient (Wildman–Crippen LogP) is 12.9. The Hall–Kier alpha value is -5.92. The molecule has 10 rings (SSSR count). The lowest BCUT2D eigenvalue weighted by atomic mass is 9.86. The maximum absolute atomic E-state index is 6.42. The lowest BCUT2D eigenvalue weighted by Crippen LogP contribution is -1.90. The van der Waals surface area contributed by atoms with Crippen molar-refractivity contribution in [2.24, 2.45) is 0 Å².